The van der Waals surface area contributed by atoms with E-state index < -0.39 is 0 Å². The predicted octanol–water partition coefficient (Wildman–Crippen LogP) is 3.76. The smallest absolute Gasteiger partial charge is 0.129 e. The fourth-order valence-electron chi connectivity index (χ4n) is 2.85. The first kappa shape index (κ1) is 11.1. The van der Waals surface area contributed by atoms with Gasteiger partial charge in [0.15, 0.2) is 0 Å². The van der Waals surface area contributed by atoms with Gasteiger partial charge < -0.3 is 5.32 Å². The summed E-state index contributed by atoms with van der Waals surface area (Å²) >= 11 is 5.90. The average molecular weight is 249 g/mol. The molecule has 0 radical (unpaired) electrons. The minimum absolute atomic E-state index is 0.583. The maximum absolute atomic E-state index is 5.90. The van der Waals surface area contributed by atoms with E-state index in [-0.39, 0.29) is 0 Å². The van der Waals surface area contributed by atoms with Crippen LogP contribution in [0, 0.1) is 5.92 Å². The van der Waals surface area contributed by atoms with Crippen molar-refractivity contribution in [3.63, 3.8) is 0 Å². The van der Waals surface area contributed by atoms with Gasteiger partial charge >= 0.3 is 0 Å². The minimum Gasteiger partial charge on any atom is -0.384 e. The molecule has 1 fully saturated rings. The first-order valence-corrected chi connectivity index (χ1v) is 6.80. The van der Waals surface area contributed by atoms with Gasteiger partial charge in [-0.1, -0.05) is 30.9 Å². The molecule has 0 amide bonds. The molecule has 1 N–H and O–H groups in total. The van der Waals surface area contributed by atoms with Crippen molar-refractivity contribution in [2.75, 3.05) is 0 Å². The van der Waals surface area contributed by atoms with Crippen LogP contribution in [0.5, 0.6) is 0 Å². The Morgan fingerprint density at radius 3 is 2.88 bits per heavy atom. The van der Waals surface area contributed by atoms with Crippen molar-refractivity contribution in [1.29, 1.82) is 0 Å². The normalized spacial score (nSPS) is 20.4. The van der Waals surface area contributed by atoms with E-state index in [0.717, 1.165) is 12.5 Å². The van der Waals surface area contributed by atoms with Crippen LogP contribution in [0.1, 0.15) is 43.2 Å². The molecule has 1 aromatic rings. The van der Waals surface area contributed by atoms with Gasteiger partial charge in [-0.25, -0.2) is 4.98 Å². The zero-order valence-corrected chi connectivity index (χ0v) is 10.6. The predicted molar refractivity (Wildman–Crippen MR) is 70.6 cm³/mol. The van der Waals surface area contributed by atoms with E-state index in [1.807, 2.05) is 12.3 Å². The maximum Gasteiger partial charge on any atom is 0.129 e. The van der Waals surface area contributed by atoms with Gasteiger partial charge in [-0.15, -0.1) is 0 Å². The van der Waals surface area contributed by atoms with Gasteiger partial charge in [0.1, 0.15) is 5.15 Å². The van der Waals surface area contributed by atoms with Crippen LogP contribution in [-0.4, -0.2) is 4.98 Å². The third-order valence-corrected chi connectivity index (χ3v) is 4.04. The number of allylic oxidation sites excluding steroid dienone is 1. The lowest BCUT2D eigenvalue weighted by Crippen LogP contribution is -2.25. The van der Waals surface area contributed by atoms with Crippen molar-refractivity contribution in [3.05, 3.63) is 34.2 Å². The Bertz CT molecular complexity index is 448. The van der Waals surface area contributed by atoms with E-state index >= 15 is 0 Å². The monoisotopic (exact) mass is 248 g/mol. The van der Waals surface area contributed by atoms with Crippen LogP contribution >= 0.6 is 11.6 Å². The van der Waals surface area contributed by atoms with Gasteiger partial charge in [-0.3, -0.25) is 0 Å². The average Bonchev–Trinajstić information content (AvgIpc) is 2.39. The van der Waals surface area contributed by atoms with Crippen LogP contribution < -0.4 is 5.32 Å². The van der Waals surface area contributed by atoms with Crippen molar-refractivity contribution in [3.8, 4) is 0 Å². The van der Waals surface area contributed by atoms with Gasteiger partial charge in [0.25, 0.3) is 0 Å². The van der Waals surface area contributed by atoms with E-state index in [0.29, 0.717) is 5.15 Å². The molecule has 2 aliphatic rings. The Morgan fingerprint density at radius 1 is 1.24 bits per heavy atom. The summed E-state index contributed by atoms with van der Waals surface area (Å²) in [6.07, 6.45) is 11.0. The Hall–Kier alpha value is -1.02. The van der Waals surface area contributed by atoms with Gasteiger partial charge in [0.05, 0.1) is 0 Å². The summed E-state index contributed by atoms with van der Waals surface area (Å²) in [6, 6.07) is 1.96. The molecule has 2 nitrogen and oxygen atoms in total. The molecule has 0 atom stereocenters. The van der Waals surface area contributed by atoms with E-state index in [1.54, 1.807) is 0 Å². The number of hydrogen-bond acceptors (Lipinski definition) is 2. The molecule has 17 heavy (non-hydrogen) atoms. The molecule has 0 aromatic carbocycles. The number of fused-ring (bicyclic) bond motifs is 1. The number of pyridine rings is 1. The largest absolute Gasteiger partial charge is 0.384 e. The molecule has 2 heterocycles. The summed E-state index contributed by atoms with van der Waals surface area (Å²) in [5.41, 5.74) is 3.89. The van der Waals surface area contributed by atoms with Gasteiger partial charge in [-0.05, 0) is 42.0 Å². The summed E-state index contributed by atoms with van der Waals surface area (Å²) in [4.78, 5) is 4.17. The van der Waals surface area contributed by atoms with Gasteiger partial charge in [-0.2, -0.15) is 0 Å². The van der Waals surface area contributed by atoms with Crippen molar-refractivity contribution < 1.29 is 0 Å². The molecule has 1 aliphatic heterocycles. The summed E-state index contributed by atoms with van der Waals surface area (Å²) in [5, 5.41) is 4.13. The molecular formula is C14H17ClN2. The van der Waals surface area contributed by atoms with Crippen molar-refractivity contribution in [1.82, 2.24) is 10.3 Å². The lowest BCUT2D eigenvalue weighted by atomic mass is 9.85. The van der Waals surface area contributed by atoms with Crippen molar-refractivity contribution >= 4 is 17.7 Å². The van der Waals surface area contributed by atoms with Crippen LogP contribution in [0.2, 0.25) is 5.15 Å². The lowest BCUT2D eigenvalue weighted by molar-refractivity contribution is 0.386. The zero-order chi connectivity index (χ0) is 11.7. The molecule has 0 spiro atoms. The van der Waals surface area contributed by atoms with Crippen LogP contribution in [0.25, 0.3) is 6.08 Å². The Balaban J connectivity index is 1.86. The second kappa shape index (κ2) is 4.69. The van der Waals surface area contributed by atoms with Gasteiger partial charge in [0, 0.05) is 18.4 Å². The maximum atomic E-state index is 5.90. The Morgan fingerprint density at radius 2 is 2.06 bits per heavy atom. The third-order valence-electron chi connectivity index (χ3n) is 3.83. The number of nitrogens with one attached hydrogen (secondary N) is 1. The molecular weight excluding hydrogens is 232 g/mol. The second-order valence-electron chi connectivity index (χ2n) is 4.99. The lowest BCUT2D eigenvalue weighted by Gasteiger charge is -2.28. The molecule has 3 rings (SSSR count). The topological polar surface area (TPSA) is 24.9 Å². The first-order valence-electron chi connectivity index (χ1n) is 6.43. The minimum atomic E-state index is 0.583. The highest BCUT2D eigenvalue weighted by Crippen LogP contribution is 2.32. The van der Waals surface area contributed by atoms with E-state index in [2.05, 4.69) is 16.4 Å². The van der Waals surface area contributed by atoms with Gasteiger partial charge in [0.2, 0.25) is 0 Å². The van der Waals surface area contributed by atoms with E-state index in [4.69, 9.17) is 11.6 Å². The van der Waals surface area contributed by atoms with Crippen molar-refractivity contribution in [2.45, 2.75) is 38.6 Å². The molecule has 90 valence electrons. The number of aromatic nitrogens is 1. The summed E-state index contributed by atoms with van der Waals surface area (Å²) < 4.78 is 0. The molecule has 0 bridgehead atoms. The summed E-state index contributed by atoms with van der Waals surface area (Å²) in [6.45, 7) is 0.889. The quantitative estimate of drug-likeness (QED) is 0.766. The first-order chi connectivity index (χ1) is 8.33. The number of nitrogens with zero attached hydrogens (tertiary/aromatic N) is 1. The van der Waals surface area contributed by atoms with E-state index in [9.17, 15) is 0 Å². The molecule has 0 saturated heterocycles. The number of halogens is 1. The Labute approximate surface area is 107 Å². The van der Waals surface area contributed by atoms with Crippen LogP contribution in [0.3, 0.4) is 0 Å². The highest BCUT2D eigenvalue weighted by molar-refractivity contribution is 6.29. The van der Waals surface area contributed by atoms with Crippen LogP contribution in [-0.2, 0) is 6.54 Å². The summed E-state index contributed by atoms with van der Waals surface area (Å²) in [7, 11) is 0. The molecule has 1 aliphatic carbocycles. The molecule has 3 heteroatoms. The molecule has 1 aromatic heterocycles. The SMILES string of the molecule is Clc1cc2c(cn1)C=C(C1CCCCC1)NC2. The van der Waals surface area contributed by atoms with Crippen LogP contribution in [0.4, 0.5) is 0 Å². The second-order valence-corrected chi connectivity index (χ2v) is 5.38. The van der Waals surface area contributed by atoms with Crippen molar-refractivity contribution in [2.24, 2.45) is 5.92 Å². The fraction of sp³-hybridized carbons (Fsp3) is 0.500. The highest BCUT2D eigenvalue weighted by atomic mass is 35.5. The Kier molecular flexibility index (Phi) is 3.06. The molecule has 1 saturated carbocycles. The third kappa shape index (κ3) is 2.32. The fourth-order valence-corrected chi connectivity index (χ4v) is 3.03. The highest BCUT2D eigenvalue weighted by Gasteiger charge is 2.20. The molecule has 0 unspecified atom stereocenters. The van der Waals surface area contributed by atoms with E-state index in [1.165, 1.54) is 48.9 Å². The zero-order valence-electron chi connectivity index (χ0n) is 9.88. The van der Waals surface area contributed by atoms with Crippen LogP contribution in [0.15, 0.2) is 18.0 Å². The summed E-state index contributed by atoms with van der Waals surface area (Å²) in [5.74, 6) is 0.729. The number of hydrogen-bond donors (Lipinski definition) is 1. The standard InChI is InChI=1S/C14H17ClN2/c15-14-7-12-8-16-13(6-11(12)9-17-14)10-4-2-1-3-5-10/h6-7,9-10,16H,1-5,8H2. The number of rotatable bonds is 1.